The predicted octanol–water partition coefficient (Wildman–Crippen LogP) is 10.3. The van der Waals surface area contributed by atoms with Crippen LogP contribution in [-0.4, -0.2) is 27.0 Å². The Kier molecular flexibility index (Phi) is 5.88. The van der Waals surface area contributed by atoms with E-state index in [2.05, 4.69) is 174 Å². The summed E-state index contributed by atoms with van der Waals surface area (Å²) in [4.78, 5) is 16.0. The monoisotopic (exact) mass is 640 g/mol. The van der Waals surface area contributed by atoms with Gasteiger partial charge in [0.2, 0.25) is 5.95 Å². The summed E-state index contributed by atoms with van der Waals surface area (Å²) in [5.74, 6) is 0.796. The van der Waals surface area contributed by atoms with Gasteiger partial charge in [0.1, 0.15) is 0 Å². The Bertz CT molecular complexity index is 2520. The van der Waals surface area contributed by atoms with Crippen LogP contribution in [0.15, 0.2) is 181 Å². The third-order valence-electron chi connectivity index (χ3n) is 11.1. The molecule has 1 saturated heterocycles. The first-order valence-corrected chi connectivity index (χ1v) is 17.5. The first-order chi connectivity index (χ1) is 24.8. The van der Waals surface area contributed by atoms with Crippen molar-refractivity contribution in [2.24, 2.45) is 0 Å². The number of benzene rings is 5. The van der Waals surface area contributed by atoms with Crippen molar-refractivity contribution in [1.82, 2.24) is 14.9 Å². The zero-order chi connectivity index (χ0) is 32.8. The van der Waals surface area contributed by atoms with Crippen LogP contribution in [0.5, 0.6) is 0 Å². The van der Waals surface area contributed by atoms with E-state index in [9.17, 15) is 0 Å². The number of allylic oxidation sites excluding steroid dienone is 5. The number of nitrogens with zero attached hydrogens (tertiary/aromatic N) is 4. The minimum Gasteiger partial charge on any atom is -0.331 e. The van der Waals surface area contributed by atoms with Crippen molar-refractivity contribution in [3.05, 3.63) is 192 Å². The van der Waals surface area contributed by atoms with Gasteiger partial charge in [-0.05, 0) is 58.0 Å². The summed E-state index contributed by atoms with van der Waals surface area (Å²) in [5, 5.41) is 1.07. The third kappa shape index (κ3) is 3.93. The Hall–Kier alpha value is -6.26. The van der Waals surface area contributed by atoms with Crippen molar-refractivity contribution in [2.75, 3.05) is 4.90 Å². The van der Waals surface area contributed by atoms with Crippen LogP contribution < -0.4 is 4.90 Å². The van der Waals surface area contributed by atoms with Gasteiger partial charge in [0.25, 0.3) is 0 Å². The highest BCUT2D eigenvalue weighted by Crippen LogP contribution is 2.60. The molecular formula is C46H32N4. The van der Waals surface area contributed by atoms with Crippen LogP contribution in [0.4, 0.5) is 5.95 Å². The van der Waals surface area contributed by atoms with E-state index in [0.29, 0.717) is 0 Å². The molecule has 0 amide bonds. The molecule has 1 fully saturated rings. The van der Waals surface area contributed by atoms with Crippen molar-refractivity contribution in [3.63, 3.8) is 0 Å². The second-order valence-corrected chi connectivity index (χ2v) is 13.7. The van der Waals surface area contributed by atoms with Crippen LogP contribution in [0.3, 0.4) is 0 Å². The fourth-order valence-corrected chi connectivity index (χ4v) is 8.93. The fraction of sp³-hybridized carbons (Fsp3) is 0.0870. The first-order valence-electron chi connectivity index (χ1n) is 17.5. The average molecular weight is 641 g/mol. The SMILES string of the molecule is C1=CCC2C(=C1)C1=C3C=CC=C4c5ccccc5C(C1N2c1nc(-c2ccc(-c5ccc(-c6ccccc6)cc5)cc2)c2ccccc2n1)N43. The smallest absolute Gasteiger partial charge is 0.227 e. The van der Waals surface area contributed by atoms with Crippen molar-refractivity contribution < 1.29 is 0 Å². The third-order valence-corrected chi connectivity index (χ3v) is 11.1. The molecule has 236 valence electrons. The number of aromatic nitrogens is 2. The van der Waals surface area contributed by atoms with Crippen molar-refractivity contribution in [1.29, 1.82) is 0 Å². The maximum Gasteiger partial charge on any atom is 0.227 e. The van der Waals surface area contributed by atoms with E-state index < -0.39 is 0 Å². The summed E-state index contributed by atoms with van der Waals surface area (Å²) in [5.41, 5.74) is 16.0. The van der Waals surface area contributed by atoms with Crippen LogP contribution in [0, 0.1) is 0 Å². The molecule has 5 heterocycles. The van der Waals surface area contributed by atoms with Gasteiger partial charge in [-0.25, -0.2) is 9.97 Å². The maximum absolute atomic E-state index is 5.50. The Morgan fingerprint density at radius 2 is 1.26 bits per heavy atom. The van der Waals surface area contributed by atoms with E-state index in [-0.39, 0.29) is 18.1 Å². The van der Waals surface area contributed by atoms with Crippen LogP contribution in [0.1, 0.15) is 23.6 Å². The maximum atomic E-state index is 5.50. The number of hydrogen-bond donors (Lipinski definition) is 0. The molecular weight excluding hydrogens is 609 g/mol. The van der Waals surface area contributed by atoms with Gasteiger partial charge < -0.3 is 9.80 Å². The zero-order valence-corrected chi connectivity index (χ0v) is 27.3. The molecule has 0 saturated carbocycles. The van der Waals surface area contributed by atoms with Crippen molar-refractivity contribution in [3.8, 4) is 33.5 Å². The lowest BCUT2D eigenvalue weighted by molar-refractivity contribution is 0.386. The molecule has 5 aromatic carbocycles. The minimum absolute atomic E-state index is 0.103. The largest absolute Gasteiger partial charge is 0.331 e. The molecule has 3 unspecified atom stereocenters. The summed E-state index contributed by atoms with van der Waals surface area (Å²) in [6.45, 7) is 0. The number of rotatable bonds is 4. The number of hydrogen-bond acceptors (Lipinski definition) is 4. The van der Waals surface area contributed by atoms with Gasteiger partial charge in [-0.15, -0.1) is 0 Å². The Morgan fingerprint density at radius 3 is 2.06 bits per heavy atom. The minimum atomic E-state index is 0.103. The first kappa shape index (κ1) is 27.7. The standard InChI is InChI=1S/C46H32N4/c1-2-11-29(12-3-1)30-21-23-31(24-22-30)32-25-27-33(28-26-32)43-36-15-6-8-17-38(36)47-46(48-43)50-40-18-9-7-16-37(40)42-41-20-10-19-39-34-13-4-5-14-35(34)44(45(42)50)49(39)41/h1-17,19-28,40,44-45H,18H2. The fourth-order valence-electron chi connectivity index (χ4n) is 8.93. The second kappa shape index (κ2) is 10.6. The molecule has 0 bridgehead atoms. The molecule has 6 aromatic rings. The lowest BCUT2D eigenvalue weighted by Gasteiger charge is -2.35. The molecule has 11 rings (SSSR count). The van der Waals surface area contributed by atoms with E-state index in [4.69, 9.17) is 9.97 Å². The summed E-state index contributed by atoms with van der Waals surface area (Å²) in [6.07, 6.45) is 14.6. The van der Waals surface area contributed by atoms with Gasteiger partial charge in [-0.2, -0.15) is 0 Å². The van der Waals surface area contributed by atoms with E-state index in [0.717, 1.165) is 34.5 Å². The molecule has 4 aliphatic heterocycles. The van der Waals surface area contributed by atoms with E-state index in [1.807, 2.05) is 0 Å². The van der Waals surface area contributed by atoms with Crippen LogP contribution in [0.25, 0.3) is 50.1 Å². The molecule has 50 heavy (non-hydrogen) atoms. The topological polar surface area (TPSA) is 32.3 Å². The highest BCUT2D eigenvalue weighted by molar-refractivity contribution is 5.94. The van der Waals surface area contributed by atoms with Crippen LogP contribution >= 0.6 is 0 Å². The summed E-state index contributed by atoms with van der Waals surface area (Å²) < 4.78 is 0. The highest BCUT2D eigenvalue weighted by atomic mass is 15.4. The Balaban J connectivity index is 1.03. The number of anilines is 1. The normalized spacial score (nSPS) is 20.8. The number of fused-ring (bicyclic) bond motifs is 8. The second-order valence-electron chi connectivity index (χ2n) is 13.7. The highest BCUT2D eigenvalue weighted by Gasteiger charge is 2.57. The molecule has 4 nitrogen and oxygen atoms in total. The number of para-hydroxylation sites is 1. The van der Waals surface area contributed by atoms with Gasteiger partial charge in [0, 0.05) is 33.5 Å². The summed E-state index contributed by atoms with van der Waals surface area (Å²) in [7, 11) is 0. The molecule has 0 radical (unpaired) electrons. The Morgan fingerprint density at radius 1 is 0.580 bits per heavy atom. The van der Waals surface area contributed by atoms with Crippen LogP contribution in [-0.2, 0) is 0 Å². The van der Waals surface area contributed by atoms with Gasteiger partial charge >= 0.3 is 0 Å². The summed E-state index contributed by atoms with van der Waals surface area (Å²) in [6, 6.07) is 46.1. The van der Waals surface area contributed by atoms with E-state index in [1.54, 1.807) is 0 Å². The predicted molar refractivity (Wildman–Crippen MR) is 203 cm³/mol. The molecule has 1 aliphatic carbocycles. The van der Waals surface area contributed by atoms with Gasteiger partial charge in [0.15, 0.2) is 0 Å². The van der Waals surface area contributed by atoms with Crippen molar-refractivity contribution in [2.45, 2.75) is 24.5 Å². The van der Waals surface area contributed by atoms with Gasteiger partial charge in [-0.3, -0.25) is 0 Å². The lowest BCUT2D eigenvalue weighted by Crippen LogP contribution is -2.42. The molecule has 4 heteroatoms. The molecule has 0 spiro atoms. The lowest BCUT2D eigenvalue weighted by atomic mass is 9.90. The molecule has 5 aliphatic rings. The summed E-state index contributed by atoms with van der Waals surface area (Å²) >= 11 is 0. The van der Waals surface area contributed by atoms with E-state index >= 15 is 0 Å². The average Bonchev–Trinajstić information content (AvgIpc) is 3.83. The van der Waals surface area contributed by atoms with E-state index in [1.165, 1.54) is 55.9 Å². The molecule has 1 aromatic heterocycles. The van der Waals surface area contributed by atoms with Crippen LogP contribution in [0.2, 0.25) is 0 Å². The zero-order valence-electron chi connectivity index (χ0n) is 27.3. The molecule has 3 atom stereocenters. The molecule has 0 N–H and O–H groups in total. The van der Waals surface area contributed by atoms with Gasteiger partial charge in [-0.1, -0.05) is 146 Å². The Labute approximate surface area is 291 Å². The quantitative estimate of drug-likeness (QED) is 0.192. The van der Waals surface area contributed by atoms with Gasteiger partial charge in [0.05, 0.1) is 29.3 Å². The van der Waals surface area contributed by atoms with Crippen molar-refractivity contribution >= 4 is 22.5 Å².